The summed E-state index contributed by atoms with van der Waals surface area (Å²) in [7, 11) is 0. The Labute approximate surface area is 202 Å². The van der Waals surface area contributed by atoms with Crippen LogP contribution >= 0.6 is 0 Å². The van der Waals surface area contributed by atoms with Gasteiger partial charge in [0.25, 0.3) is 0 Å². The second-order valence-electron chi connectivity index (χ2n) is 8.38. The Balaban J connectivity index is 1.53. The van der Waals surface area contributed by atoms with Crippen LogP contribution in [0.15, 0.2) is 90.1 Å². The summed E-state index contributed by atoms with van der Waals surface area (Å²) >= 11 is 0. The summed E-state index contributed by atoms with van der Waals surface area (Å²) in [6.07, 6.45) is 7.06. The molecule has 0 bridgehead atoms. The van der Waals surface area contributed by atoms with Crippen LogP contribution in [0, 0.1) is 0 Å². The van der Waals surface area contributed by atoms with Gasteiger partial charge in [0.05, 0.1) is 25.6 Å². The average Bonchev–Trinajstić information content (AvgIpc) is 3.53. The Bertz CT molecular complexity index is 1470. The number of fused-ring (bicyclic) bond motifs is 1. The van der Waals surface area contributed by atoms with Crippen molar-refractivity contribution in [3.63, 3.8) is 0 Å². The zero-order valence-electron chi connectivity index (χ0n) is 19.1. The van der Waals surface area contributed by atoms with Gasteiger partial charge in [-0.2, -0.15) is 0 Å². The van der Waals surface area contributed by atoms with Gasteiger partial charge in [-0.25, -0.2) is 4.98 Å². The van der Waals surface area contributed by atoms with Crippen molar-refractivity contribution in [2.24, 2.45) is 5.73 Å². The number of hydrogen-bond acceptors (Lipinski definition) is 5. The van der Waals surface area contributed by atoms with Crippen molar-refractivity contribution in [2.75, 3.05) is 0 Å². The Morgan fingerprint density at radius 3 is 2.71 bits per heavy atom. The van der Waals surface area contributed by atoms with Gasteiger partial charge >= 0.3 is 5.97 Å². The van der Waals surface area contributed by atoms with Crippen molar-refractivity contribution in [1.29, 1.82) is 0 Å². The number of aromatic nitrogens is 2. The Morgan fingerprint density at radius 2 is 1.91 bits per heavy atom. The Morgan fingerprint density at radius 1 is 1.03 bits per heavy atom. The quantitative estimate of drug-likeness (QED) is 0.316. The average molecular weight is 468 g/mol. The number of carboxylic acids is 1. The maximum Gasteiger partial charge on any atom is 0.307 e. The number of nitrogens with zero attached hydrogens (tertiary/aromatic N) is 2. The minimum atomic E-state index is -0.900. The number of hydrogen-bond donors (Lipinski definition) is 2. The second kappa shape index (κ2) is 9.87. The van der Waals surface area contributed by atoms with Crippen LogP contribution in [0.25, 0.3) is 22.1 Å². The summed E-state index contributed by atoms with van der Waals surface area (Å²) in [6, 6.07) is 19.6. The molecule has 0 aliphatic heterocycles. The lowest BCUT2D eigenvalue weighted by atomic mass is 9.98. The SMILES string of the molecule is NCc1cccc(-c2cc(Cn3ccnc3)c3occ(COc4ccccc4CC(=O)O)c3c2)c1. The first-order valence-corrected chi connectivity index (χ1v) is 11.3. The normalized spacial score (nSPS) is 11.1. The van der Waals surface area contributed by atoms with Crippen LogP contribution in [0.4, 0.5) is 0 Å². The lowest BCUT2D eigenvalue weighted by Crippen LogP contribution is -2.04. The molecule has 5 rings (SSSR count). The van der Waals surface area contributed by atoms with E-state index in [9.17, 15) is 9.90 Å². The molecular weight excluding hydrogens is 442 g/mol. The molecule has 5 aromatic rings. The number of imidazole rings is 1. The van der Waals surface area contributed by atoms with Crippen molar-refractivity contribution in [1.82, 2.24) is 9.55 Å². The standard InChI is InChI=1S/C28H25N3O4/c29-14-19-4-3-6-20(10-19)22-11-23(15-31-9-8-30-18-31)28-25(12-22)24(17-35-28)16-34-26-7-2-1-5-21(26)13-27(32)33/h1-12,17-18H,13-16,29H2,(H,32,33). The maximum absolute atomic E-state index is 11.2. The van der Waals surface area contributed by atoms with E-state index in [4.69, 9.17) is 14.9 Å². The van der Waals surface area contributed by atoms with Gasteiger partial charge < -0.3 is 24.6 Å². The minimum absolute atomic E-state index is 0.0982. The number of aliphatic carboxylic acids is 1. The first-order valence-electron chi connectivity index (χ1n) is 11.3. The molecule has 0 spiro atoms. The fraction of sp³-hybridized carbons (Fsp3) is 0.143. The smallest absolute Gasteiger partial charge is 0.307 e. The topological polar surface area (TPSA) is 104 Å². The molecule has 176 valence electrons. The number of nitrogens with two attached hydrogens (primary N) is 1. The van der Waals surface area contributed by atoms with Gasteiger partial charge in [-0.15, -0.1) is 0 Å². The number of carbonyl (C=O) groups is 1. The third kappa shape index (κ3) is 4.95. The predicted octanol–water partition coefficient (Wildman–Crippen LogP) is 5.01. The fourth-order valence-corrected chi connectivity index (χ4v) is 4.22. The van der Waals surface area contributed by atoms with Gasteiger partial charge in [0.1, 0.15) is 17.9 Å². The molecule has 0 amide bonds. The van der Waals surface area contributed by atoms with Crippen molar-refractivity contribution in [3.05, 3.63) is 108 Å². The molecule has 2 heterocycles. The lowest BCUT2D eigenvalue weighted by Gasteiger charge is -2.11. The van der Waals surface area contributed by atoms with E-state index >= 15 is 0 Å². The maximum atomic E-state index is 11.2. The highest BCUT2D eigenvalue weighted by Crippen LogP contribution is 2.33. The molecule has 0 aliphatic rings. The van der Waals surface area contributed by atoms with E-state index in [1.807, 2.05) is 35.0 Å². The van der Waals surface area contributed by atoms with Crippen LogP contribution in [-0.4, -0.2) is 20.6 Å². The highest BCUT2D eigenvalue weighted by Gasteiger charge is 2.15. The summed E-state index contributed by atoms with van der Waals surface area (Å²) in [4.78, 5) is 15.4. The molecule has 0 saturated heterocycles. The van der Waals surface area contributed by atoms with E-state index in [0.717, 1.165) is 38.8 Å². The van der Waals surface area contributed by atoms with Crippen molar-refractivity contribution in [3.8, 4) is 16.9 Å². The highest BCUT2D eigenvalue weighted by atomic mass is 16.5. The number of rotatable bonds is 9. The number of benzene rings is 3. The third-order valence-electron chi connectivity index (χ3n) is 5.94. The van der Waals surface area contributed by atoms with E-state index in [1.54, 1.807) is 30.9 Å². The largest absolute Gasteiger partial charge is 0.488 e. The molecule has 0 atom stereocenters. The van der Waals surface area contributed by atoms with Gasteiger partial charge in [-0.1, -0.05) is 36.4 Å². The molecule has 35 heavy (non-hydrogen) atoms. The van der Waals surface area contributed by atoms with Crippen LogP contribution in [0.1, 0.15) is 22.3 Å². The first kappa shape index (κ1) is 22.4. The van der Waals surface area contributed by atoms with Crippen LogP contribution in [0.3, 0.4) is 0 Å². The van der Waals surface area contributed by atoms with Crippen molar-refractivity contribution < 1.29 is 19.1 Å². The molecule has 3 N–H and O–H groups in total. The molecule has 7 heteroatoms. The summed E-state index contributed by atoms with van der Waals surface area (Å²) in [5.41, 5.74) is 12.4. The molecule has 2 aromatic heterocycles. The van der Waals surface area contributed by atoms with E-state index in [0.29, 0.717) is 24.4 Å². The number of carboxylic acid groups (broad SMARTS) is 1. The summed E-state index contributed by atoms with van der Waals surface area (Å²) in [5.74, 6) is -0.349. The van der Waals surface area contributed by atoms with E-state index in [-0.39, 0.29) is 13.0 Å². The van der Waals surface area contributed by atoms with Gasteiger partial charge in [0.2, 0.25) is 0 Å². The van der Waals surface area contributed by atoms with Gasteiger partial charge in [0, 0.05) is 41.0 Å². The number of ether oxygens (including phenoxy) is 1. The van der Waals surface area contributed by atoms with E-state index in [1.165, 1.54) is 0 Å². The van der Waals surface area contributed by atoms with Crippen molar-refractivity contribution >= 4 is 16.9 Å². The van der Waals surface area contributed by atoms with Crippen LogP contribution < -0.4 is 10.5 Å². The second-order valence-corrected chi connectivity index (χ2v) is 8.38. The summed E-state index contributed by atoms with van der Waals surface area (Å²) in [6.45, 7) is 1.33. The fourth-order valence-electron chi connectivity index (χ4n) is 4.22. The van der Waals surface area contributed by atoms with E-state index in [2.05, 4.69) is 29.2 Å². The summed E-state index contributed by atoms with van der Waals surface area (Å²) < 4.78 is 14.1. The molecule has 0 unspecified atom stereocenters. The number of para-hydroxylation sites is 1. The van der Waals surface area contributed by atoms with Gasteiger partial charge in [-0.05, 0) is 41.0 Å². The van der Waals surface area contributed by atoms with E-state index < -0.39 is 5.97 Å². The predicted molar refractivity (Wildman–Crippen MR) is 133 cm³/mol. The van der Waals surface area contributed by atoms with Crippen LogP contribution in [-0.2, 0) is 30.9 Å². The summed E-state index contributed by atoms with van der Waals surface area (Å²) in [5, 5.41) is 10.2. The molecule has 0 aliphatic carbocycles. The molecule has 0 radical (unpaired) electrons. The highest BCUT2D eigenvalue weighted by molar-refractivity contribution is 5.89. The Kier molecular flexibility index (Phi) is 6.32. The zero-order valence-corrected chi connectivity index (χ0v) is 19.1. The number of furan rings is 1. The molecule has 0 fully saturated rings. The zero-order chi connectivity index (χ0) is 24.2. The van der Waals surface area contributed by atoms with Crippen molar-refractivity contribution in [2.45, 2.75) is 26.1 Å². The molecule has 3 aromatic carbocycles. The minimum Gasteiger partial charge on any atom is -0.488 e. The monoisotopic (exact) mass is 467 g/mol. The third-order valence-corrected chi connectivity index (χ3v) is 5.94. The van der Waals surface area contributed by atoms with Gasteiger partial charge in [0.15, 0.2) is 0 Å². The first-order chi connectivity index (χ1) is 17.1. The molecule has 0 saturated carbocycles. The van der Waals surface area contributed by atoms with Crippen LogP contribution in [0.2, 0.25) is 0 Å². The molecule has 7 nitrogen and oxygen atoms in total. The molecular formula is C28H25N3O4. The van der Waals surface area contributed by atoms with Gasteiger partial charge in [-0.3, -0.25) is 4.79 Å². The Hall–Kier alpha value is -4.36. The van der Waals surface area contributed by atoms with Crippen LogP contribution in [0.5, 0.6) is 5.75 Å². The lowest BCUT2D eigenvalue weighted by molar-refractivity contribution is -0.136.